The average molecular weight is 491 g/mol. The molecule has 1 aromatic carbocycles. The number of piperidine rings is 1. The van der Waals surface area contributed by atoms with E-state index in [-0.39, 0.29) is 30.2 Å². The maximum absolute atomic E-state index is 12.4. The van der Waals surface area contributed by atoms with E-state index in [4.69, 9.17) is 16.3 Å². The summed E-state index contributed by atoms with van der Waals surface area (Å²) < 4.78 is 6.05. The second-order valence-corrected chi connectivity index (χ2v) is 11.4. The van der Waals surface area contributed by atoms with Crippen molar-refractivity contribution in [3.63, 3.8) is 0 Å². The van der Waals surface area contributed by atoms with Crippen LogP contribution in [-0.2, 0) is 9.53 Å². The number of anilines is 1. The lowest BCUT2D eigenvalue weighted by Crippen LogP contribution is -2.50. The first-order chi connectivity index (χ1) is 16.2. The van der Waals surface area contributed by atoms with Gasteiger partial charge in [0.2, 0.25) is 5.91 Å². The number of nitrogens with zero attached hydrogens (tertiary/aromatic N) is 2. The lowest BCUT2D eigenvalue weighted by atomic mass is 9.84. The molecule has 0 radical (unpaired) electrons. The summed E-state index contributed by atoms with van der Waals surface area (Å²) in [5.41, 5.74) is 3.66. The number of benzene rings is 1. The smallest absolute Gasteiger partial charge is 0.224 e. The highest BCUT2D eigenvalue weighted by atomic mass is 35.5. The van der Waals surface area contributed by atoms with Crippen molar-refractivity contribution >= 4 is 23.2 Å². The molecule has 2 saturated heterocycles. The summed E-state index contributed by atoms with van der Waals surface area (Å²) in [6.45, 7) is 10.3. The van der Waals surface area contributed by atoms with Gasteiger partial charge in [0.05, 0.1) is 5.92 Å². The van der Waals surface area contributed by atoms with E-state index in [0.717, 1.165) is 23.6 Å². The summed E-state index contributed by atoms with van der Waals surface area (Å²) in [4.78, 5) is 17.4. The normalized spacial score (nSPS) is 33.6. The minimum absolute atomic E-state index is 0.00931. The highest BCUT2D eigenvalue weighted by Crippen LogP contribution is 2.43. The summed E-state index contributed by atoms with van der Waals surface area (Å²) in [5.74, 6) is 0.512. The molecule has 0 bridgehead atoms. The highest BCUT2D eigenvalue weighted by Gasteiger charge is 2.43. The van der Waals surface area contributed by atoms with Crippen LogP contribution in [0.1, 0.15) is 70.1 Å². The van der Waals surface area contributed by atoms with Crippen molar-refractivity contribution in [1.82, 2.24) is 15.5 Å². The largest absolute Gasteiger partial charge is 0.369 e. The van der Waals surface area contributed by atoms with Gasteiger partial charge in [-0.05, 0) is 96.1 Å². The molecule has 2 N–H and O–H groups in total. The van der Waals surface area contributed by atoms with Crippen molar-refractivity contribution in [3.05, 3.63) is 28.3 Å². The van der Waals surface area contributed by atoms with Crippen LogP contribution in [0.5, 0.6) is 0 Å². The number of carbonyl (C=O) groups is 1. The van der Waals surface area contributed by atoms with E-state index in [2.05, 4.69) is 74.4 Å². The van der Waals surface area contributed by atoms with Gasteiger partial charge in [0.15, 0.2) is 0 Å². The van der Waals surface area contributed by atoms with Crippen LogP contribution in [0.15, 0.2) is 12.1 Å². The first kappa shape index (κ1) is 25.7. The monoisotopic (exact) mass is 490 g/mol. The molecule has 0 aromatic heterocycles. The van der Waals surface area contributed by atoms with Gasteiger partial charge in [0.1, 0.15) is 12.3 Å². The molecule has 190 valence electrons. The second kappa shape index (κ2) is 10.7. The van der Waals surface area contributed by atoms with Crippen molar-refractivity contribution in [2.45, 2.75) is 90.3 Å². The van der Waals surface area contributed by atoms with Crippen LogP contribution in [0.25, 0.3) is 0 Å². The van der Waals surface area contributed by atoms with Crippen LogP contribution in [-0.4, -0.2) is 62.3 Å². The molecule has 5 unspecified atom stereocenters. The standard InChI is InChI=1S/C27H43ClN4O2/c1-7-32(21-10-8-20(9-11-21)31(5)6)24-14-19(28)13-22(18(24)4)25-27(34-25)29-15-23-16(2)12-17(3)30-26(23)33/h13-14,16-17,20-21,23,25,27,29H,7-12,15H2,1-6H3,(H,30,33)/t16?,17?,20-,21+,23?,25?,27?. The van der Waals surface area contributed by atoms with Gasteiger partial charge in [-0.15, -0.1) is 0 Å². The fraction of sp³-hybridized carbons (Fsp3) is 0.741. The van der Waals surface area contributed by atoms with E-state index in [1.807, 2.05) is 0 Å². The van der Waals surface area contributed by atoms with Gasteiger partial charge in [-0.1, -0.05) is 18.5 Å². The Kier molecular flexibility index (Phi) is 8.13. The topological polar surface area (TPSA) is 60.1 Å². The summed E-state index contributed by atoms with van der Waals surface area (Å²) in [6, 6.07) is 5.68. The Morgan fingerprint density at radius 3 is 2.44 bits per heavy atom. The predicted octanol–water partition coefficient (Wildman–Crippen LogP) is 4.50. The van der Waals surface area contributed by atoms with Crippen LogP contribution in [0.4, 0.5) is 5.69 Å². The van der Waals surface area contributed by atoms with Crippen LogP contribution in [0.2, 0.25) is 5.02 Å². The third-order valence-corrected chi connectivity index (χ3v) is 8.57. The van der Waals surface area contributed by atoms with Crippen LogP contribution >= 0.6 is 11.6 Å². The number of hydrogen-bond donors (Lipinski definition) is 2. The first-order valence-electron chi connectivity index (χ1n) is 13.1. The Labute approximate surface area is 210 Å². The van der Waals surface area contributed by atoms with Crippen molar-refractivity contribution < 1.29 is 9.53 Å². The number of ether oxygens (including phenoxy) is 1. The highest BCUT2D eigenvalue weighted by molar-refractivity contribution is 6.31. The Morgan fingerprint density at radius 1 is 1.15 bits per heavy atom. The number of epoxide rings is 1. The molecule has 1 saturated carbocycles. The number of carbonyl (C=O) groups excluding carboxylic acids is 1. The molecular formula is C27H43ClN4O2. The Hall–Kier alpha value is -1.34. The predicted molar refractivity (Wildman–Crippen MR) is 139 cm³/mol. The molecule has 3 aliphatic rings. The van der Waals surface area contributed by atoms with E-state index in [0.29, 0.717) is 24.5 Å². The van der Waals surface area contributed by atoms with Crippen molar-refractivity contribution in [3.8, 4) is 0 Å². The van der Waals surface area contributed by atoms with E-state index in [1.165, 1.54) is 36.9 Å². The molecule has 2 heterocycles. The van der Waals surface area contributed by atoms with Crippen LogP contribution in [0.3, 0.4) is 0 Å². The molecule has 5 atom stereocenters. The average Bonchev–Trinajstić information content (AvgIpc) is 3.55. The van der Waals surface area contributed by atoms with E-state index in [9.17, 15) is 4.79 Å². The second-order valence-electron chi connectivity index (χ2n) is 11.0. The maximum atomic E-state index is 12.4. The van der Waals surface area contributed by atoms with Crippen molar-refractivity contribution in [1.29, 1.82) is 0 Å². The van der Waals surface area contributed by atoms with E-state index >= 15 is 0 Å². The summed E-state index contributed by atoms with van der Waals surface area (Å²) >= 11 is 6.63. The maximum Gasteiger partial charge on any atom is 0.224 e. The van der Waals surface area contributed by atoms with Gasteiger partial charge in [0, 0.05) is 41.9 Å². The minimum Gasteiger partial charge on any atom is -0.369 e. The molecule has 34 heavy (non-hydrogen) atoms. The fourth-order valence-corrected chi connectivity index (χ4v) is 6.44. The molecule has 1 aliphatic carbocycles. The molecule has 2 aliphatic heterocycles. The van der Waals surface area contributed by atoms with E-state index in [1.54, 1.807) is 0 Å². The third kappa shape index (κ3) is 5.56. The number of rotatable bonds is 8. The van der Waals surface area contributed by atoms with Gasteiger partial charge in [-0.2, -0.15) is 0 Å². The number of halogens is 1. The first-order valence-corrected chi connectivity index (χ1v) is 13.5. The van der Waals surface area contributed by atoms with Gasteiger partial charge in [-0.3, -0.25) is 10.1 Å². The molecule has 7 heteroatoms. The van der Waals surface area contributed by atoms with E-state index < -0.39 is 0 Å². The summed E-state index contributed by atoms with van der Waals surface area (Å²) in [7, 11) is 4.38. The number of hydrogen-bond acceptors (Lipinski definition) is 5. The quantitative estimate of drug-likeness (QED) is 0.525. The SMILES string of the molecule is CCN(c1cc(Cl)cc(C2OC2NCC2C(=O)NC(C)CC2C)c1C)[C@H]1CC[C@@H](N(C)C)CC1. The zero-order valence-electron chi connectivity index (χ0n) is 21.7. The molecule has 0 spiro atoms. The molecule has 4 rings (SSSR count). The summed E-state index contributed by atoms with van der Waals surface area (Å²) in [6.07, 6.45) is 5.85. The van der Waals surface area contributed by atoms with Gasteiger partial charge >= 0.3 is 0 Å². The summed E-state index contributed by atoms with van der Waals surface area (Å²) in [5, 5.41) is 7.34. The Morgan fingerprint density at radius 2 is 1.82 bits per heavy atom. The van der Waals surface area contributed by atoms with Crippen LogP contribution in [0, 0.1) is 18.8 Å². The van der Waals surface area contributed by atoms with Crippen molar-refractivity contribution in [2.75, 3.05) is 32.1 Å². The van der Waals surface area contributed by atoms with Gasteiger partial charge in [-0.25, -0.2) is 0 Å². The Bertz CT molecular complexity index is 870. The molecule has 1 amide bonds. The zero-order valence-corrected chi connectivity index (χ0v) is 22.5. The zero-order chi connectivity index (χ0) is 24.6. The third-order valence-electron chi connectivity index (χ3n) is 8.35. The number of amides is 1. The lowest BCUT2D eigenvalue weighted by molar-refractivity contribution is -0.129. The Balaban J connectivity index is 1.42. The molecular weight excluding hydrogens is 448 g/mol. The van der Waals surface area contributed by atoms with Crippen molar-refractivity contribution in [2.24, 2.45) is 11.8 Å². The molecule has 1 aromatic rings. The van der Waals surface area contributed by atoms with Gasteiger partial charge < -0.3 is 19.9 Å². The van der Waals surface area contributed by atoms with Gasteiger partial charge in [0.25, 0.3) is 0 Å². The lowest BCUT2D eigenvalue weighted by Gasteiger charge is -2.40. The molecule has 6 nitrogen and oxygen atoms in total. The minimum atomic E-state index is -0.0602. The van der Waals surface area contributed by atoms with Crippen LogP contribution < -0.4 is 15.5 Å². The number of nitrogens with one attached hydrogen (secondary N) is 2. The fourth-order valence-electron chi connectivity index (χ4n) is 6.22. The molecule has 3 fully saturated rings.